The number of nitrogens with one attached hydrogen (secondary N) is 1. The van der Waals surface area contributed by atoms with Gasteiger partial charge >= 0.3 is 6.09 Å². The number of hydrogen-bond acceptors (Lipinski definition) is 3. The van der Waals surface area contributed by atoms with Crippen molar-refractivity contribution in [2.24, 2.45) is 0 Å². The molecule has 6 nitrogen and oxygen atoms in total. The van der Waals surface area contributed by atoms with Crippen molar-refractivity contribution in [3.63, 3.8) is 0 Å². The molecule has 0 unspecified atom stereocenters. The number of rotatable bonds is 5. The lowest BCUT2D eigenvalue weighted by Gasteiger charge is -2.29. The SMILES string of the molecule is O=C(O)N(c1ccc(S(=O)(=O)NC2CCCCC2)cc1)C1CCCCCC1. The van der Waals surface area contributed by atoms with E-state index in [9.17, 15) is 18.3 Å². The molecule has 0 spiro atoms. The fraction of sp³-hybridized carbons (Fsp3) is 0.650. The van der Waals surface area contributed by atoms with Gasteiger partial charge in [0.1, 0.15) is 0 Å². The highest BCUT2D eigenvalue weighted by atomic mass is 32.2. The van der Waals surface area contributed by atoms with Crippen LogP contribution in [-0.2, 0) is 10.0 Å². The predicted molar refractivity (Wildman–Crippen MR) is 106 cm³/mol. The van der Waals surface area contributed by atoms with Crippen molar-refractivity contribution in [1.29, 1.82) is 0 Å². The first kappa shape index (κ1) is 20.1. The quantitative estimate of drug-likeness (QED) is 0.720. The molecule has 2 aliphatic rings. The Balaban J connectivity index is 1.74. The summed E-state index contributed by atoms with van der Waals surface area (Å²) in [6.07, 6.45) is 10.1. The zero-order valence-electron chi connectivity index (χ0n) is 15.8. The molecular formula is C20H30N2O4S. The minimum absolute atomic E-state index is 0.00457. The van der Waals surface area contributed by atoms with Gasteiger partial charge in [0, 0.05) is 17.8 Å². The van der Waals surface area contributed by atoms with E-state index in [0.29, 0.717) is 5.69 Å². The second kappa shape index (κ2) is 9.06. The molecule has 0 atom stereocenters. The largest absolute Gasteiger partial charge is 0.465 e. The lowest BCUT2D eigenvalue weighted by molar-refractivity contribution is 0.198. The monoisotopic (exact) mass is 394 g/mol. The van der Waals surface area contributed by atoms with Crippen LogP contribution in [0.4, 0.5) is 10.5 Å². The van der Waals surface area contributed by atoms with Gasteiger partial charge in [-0.15, -0.1) is 0 Å². The Morgan fingerprint density at radius 2 is 1.41 bits per heavy atom. The van der Waals surface area contributed by atoms with Crippen molar-refractivity contribution in [2.75, 3.05) is 4.90 Å². The average molecular weight is 395 g/mol. The van der Waals surface area contributed by atoms with Crippen LogP contribution in [0.15, 0.2) is 29.2 Å². The molecule has 0 radical (unpaired) electrons. The molecule has 1 aromatic rings. The van der Waals surface area contributed by atoms with E-state index in [1.54, 1.807) is 12.1 Å². The molecule has 2 aliphatic carbocycles. The van der Waals surface area contributed by atoms with Crippen LogP contribution in [0, 0.1) is 0 Å². The van der Waals surface area contributed by atoms with Crippen LogP contribution in [0.2, 0.25) is 0 Å². The highest BCUT2D eigenvalue weighted by Gasteiger charge is 2.27. The molecule has 1 aromatic carbocycles. The summed E-state index contributed by atoms with van der Waals surface area (Å²) in [6, 6.07) is 6.25. The Bertz CT molecular complexity index is 719. The maximum absolute atomic E-state index is 12.6. The van der Waals surface area contributed by atoms with Gasteiger partial charge in [0.05, 0.1) is 4.90 Å². The van der Waals surface area contributed by atoms with Gasteiger partial charge < -0.3 is 5.11 Å². The zero-order valence-corrected chi connectivity index (χ0v) is 16.6. The highest BCUT2D eigenvalue weighted by Crippen LogP contribution is 2.28. The van der Waals surface area contributed by atoms with E-state index in [0.717, 1.165) is 64.2 Å². The summed E-state index contributed by atoms with van der Waals surface area (Å²) in [5.41, 5.74) is 0.547. The molecule has 2 N–H and O–H groups in total. The lowest BCUT2D eigenvalue weighted by atomic mass is 9.96. The third-order valence-electron chi connectivity index (χ3n) is 5.75. The van der Waals surface area contributed by atoms with Gasteiger partial charge in [0.15, 0.2) is 0 Å². The molecule has 2 saturated carbocycles. The Morgan fingerprint density at radius 3 is 1.96 bits per heavy atom. The molecule has 27 heavy (non-hydrogen) atoms. The van der Waals surface area contributed by atoms with Crippen LogP contribution >= 0.6 is 0 Å². The van der Waals surface area contributed by atoms with Crippen LogP contribution in [-0.4, -0.2) is 31.7 Å². The van der Waals surface area contributed by atoms with E-state index in [1.165, 1.54) is 23.5 Å². The predicted octanol–water partition coefficient (Wildman–Crippen LogP) is 4.50. The first-order chi connectivity index (χ1) is 13.0. The van der Waals surface area contributed by atoms with Gasteiger partial charge in [-0.3, -0.25) is 4.90 Å². The molecule has 0 aliphatic heterocycles. The summed E-state index contributed by atoms with van der Waals surface area (Å²) in [5.74, 6) is 0. The van der Waals surface area contributed by atoms with Crippen LogP contribution in [0.5, 0.6) is 0 Å². The van der Waals surface area contributed by atoms with Crippen LogP contribution in [0.3, 0.4) is 0 Å². The molecule has 0 aromatic heterocycles. The smallest absolute Gasteiger partial charge is 0.412 e. The normalized spacial score (nSPS) is 20.1. The van der Waals surface area contributed by atoms with E-state index >= 15 is 0 Å². The molecule has 0 saturated heterocycles. The molecule has 3 rings (SSSR count). The standard InChI is InChI=1S/C20H30N2O4S/c23-20(24)22(17-10-6-1-2-7-11-17)18-12-14-19(15-13-18)27(25,26)21-16-8-4-3-5-9-16/h12-17,21H,1-11H2,(H,23,24). The van der Waals surface area contributed by atoms with Crippen molar-refractivity contribution < 1.29 is 18.3 Å². The number of hydrogen-bond donors (Lipinski definition) is 2. The maximum atomic E-state index is 12.6. The molecular weight excluding hydrogens is 364 g/mol. The highest BCUT2D eigenvalue weighted by molar-refractivity contribution is 7.89. The second-order valence-electron chi connectivity index (χ2n) is 7.75. The third kappa shape index (κ3) is 5.23. The van der Waals surface area contributed by atoms with E-state index in [2.05, 4.69) is 4.72 Å². The van der Waals surface area contributed by atoms with Gasteiger partial charge in [-0.05, 0) is 49.9 Å². The zero-order chi connectivity index (χ0) is 19.3. The van der Waals surface area contributed by atoms with Crippen LogP contribution in [0.25, 0.3) is 0 Å². The number of anilines is 1. The van der Waals surface area contributed by atoms with Gasteiger partial charge in [0.2, 0.25) is 10.0 Å². The van der Waals surface area contributed by atoms with Gasteiger partial charge in [-0.25, -0.2) is 17.9 Å². The summed E-state index contributed by atoms with van der Waals surface area (Å²) in [5, 5.41) is 9.71. The summed E-state index contributed by atoms with van der Waals surface area (Å²) in [4.78, 5) is 13.5. The fourth-order valence-corrected chi connectivity index (χ4v) is 5.59. The van der Waals surface area contributed by atoms with E-state index in [4.69, 9.17) is 0 Å². The number of sulfonamides is 1. The summed E-state index contributed by atoms with van der Waals surface area (Å²) in [6.45, 7) is 0. The number of carbonyl (C=O) groups is 1. The van der Waals surface area contributed by atoms with Crippen molar-refractivity contribution in [2.45, 2.75) is 87.6 Å². The molecule has 0 heterocycles. The third-order valence-corrected chi connectivity index (χ3v) is 7.28. The van der Waals surface area contributed by atoms with Crippen molar-refractivity contribution in [3.8, 4) is 0 Å². The number of carboxylic acid groups (broad SMARTS) is 1. The number of amides is 1. The van der Waals surface area contributed by atoms with Gasteiger partial charge in [-0.1, -0.05) is 44.9 Å². The van der Waals surface area contributed by atoms with E-state index < -0.39 is 16.1 Å². The van der Waals surface area contributed by atoms with Crippen molar-refractivity contribution in [3.05, 3.63) is 24.3 Å². The van der Waals surface area contributed by atoms with Crippen molar-refractivity contribution in [1.82, 2.24) is 4.72 Å². The van der Waals surface area contributed by atoms with E-state index in [1.807, 2.05) is 0 Å². The summed E-state index contributed by atoms with van der Waals surface area (Å²) < 4.78 is 28.0. The minimum Gasteiger partial charge on any atom is -0.465 e. The first-order valence-corrected chi connectivity index (χ1v) is 11.6. The minimum atomic E-state index is -3.57. The summed E-state index contributed by atoms with van der Waals surface area (Å²) in [7, 11) is -3.57. The first-order valence-electron chi connectivity index (χ1n) is 10.1. The molecule has 150 valence electrons. The Morgan fingerprint density at radius 1 is 0.889 bits per heavy atom. The number of nitrogens with zero attached hydrogens (tertiary/aromatic N) is 1. The molecule has 0 bridgehead atoms. The van der Waals surface area contributed by atoms with Gasteiger partial charge in [-0.2, -0.15) is 0 Å². The topological polar surface area (TPSA) is 86.7 Å². The number of benzene rings is 1. The van der Waals surface area contributed by atoms with E-state index in [-0.39, 0.29) is 17.0 Å². The second-order valence-corrected chi connectivity index (χ2v) is 9.46. The maximum Gasteiger partial charge on any atom is 0.412 e. The lowest BCUT2D eigenvalue weighted by Crippen LogP contribution is -2.39. The van der Waals surface area contributed by atoms with Crippen LogP contribution < -0.4 is 9.62 Å². The average Bonchev–Trinajstić information content (AvgIpc) is 2.92. The Hall–Kier alpha value is -1.60. The van der Waals surface area contributed by atoms with Gasteiger partial charge in [0.25, 0.3) is 0 Å². The Labute approximate surface area is 162 Å². The molecule has 2 fully saturated rings. The van der Waals surface area contributed by atoms with Crippen LogP contribution in [0.1, 0.15) is 70.6 Å². The molecule has 1 amide bonds. The molecule has 7 heteroatoms. The van der Waals surface area contributed by atoms with Crippen molar-refractivity contribution >= 4 is 21.8 Å². The Kier molecular flexibility index (Phi) is 6.76. The summed E-state index contributed by atoms with van der Waals surface area (Å²) >= 11 is 0. The fourth-order valence-electron chi connectivity index (χ4n) is 4.29.